The fourth-order valence-corrected chi connectivity index (χ4v) is 3.56. The molecule has 0 bridgehead atoms. The summed E-state index contributed by atoms with van der Waals surface area (Å²) in [4.78, 5) is 12.5. The molecule has 3 rings (SSSR count). The first-order valence-corrected chi connectivity index (χ1v) is 9.51. The van der Waals surface area contributed by atoms with Gasteiger partial charge in [0, 0.05) is 6.61 Å². The van der Waals surface area contributed by atoms with Gasteiger partial charge in [0.2, 0.25) is 11.1 Å². The number of ether oxygens (including phenoxy) is 1. The van der Waals surface area contributed by atoms with Crippen molar-refractivity contribution in [1.82, 2.24) is 25.5 Å². The van der Waals surface area contributed by atoms with Gasteiger partial charge in [-0.05, 0) is 54.8 Å². The van der Waals surface area contributed by atoms with Crippen LogP contribution in [0.1, 0.15) is 38.3 Å². The molecule has 1 aliphatic rings. The Morgan fingerprint density at radius 1 is 1.42 bits per heavy atom. The molecule has 1 saturated heterocycles. The number of thioether (sulfide) groups is 1. The van der Waals surface area contributed by atoms with E-state index in [0.717, 1.165) is 25.0 Å². The predicted octanol–water partition coefficient (Wildman–Crippen LogP) is 2.35. The maximum absolute atomic E-state index is 13.0. The molecule has 2 aromatic rings. The van der Waals surface area contributed by atoms with Crippen molar-refractivity contribution >= 4 is 17.7 Å². The largest absolute Gasteiger partial charge is 0.376 e. The quantitative estimate of drug-likeness (QED) is 0.744. The van der Waals surface area contributed by atoms with Crippen molar-refractivity contribution in [2.24, 2.45) is 0 Å². The standard InChI is InChI=1S/C17H22FN5O2S/c1-11(13-5-7-14(18)8-6-13)19-16(24)12(2)26-17-20-21-22-23(17)10-15-4-3-9-25-15/h5-8,11-12,15H,3-4,9-10H2,1-2H3,(H,19,24). The van der Waals surface area contributed by atoms with Gasteiger partial charge in [0.25, 0.3) is 0 Å². The van der Waals surface area contributed by atoms with Crippen molar-refractivity contribution in [3.63, 3.8) is 0 Å². The fraction of sp³-hybridized carbons (Fsp3) is 0.529. The van der Waals surface area contributed by atoms with Crippen LogP contribution in [-0.4, -0.2) is 44.1 Å². The molecule has 1 fully saturated rings. The Labute approximate surface area is 155 Å². The second-order valence-corrected chi connectivity index (χ2v) is 7.63. The van der Waals surface area contributed by atoms with E-state index in [4.69, 9.17) is 4.74 Å². The molecule has 1 aliphatic heterocycles. The lowest BCUT2D eigenvalue weighted by Gasteiger charge is -2.17. The first-order chi connectivity index (χ1) is 12.5. The maximum Gasteiger partial charge on any atom is 0.233 e. The third kappa shape index (κ3) is 4.79. The van der Waals surface area contributed by atoms with Crippen molar-refractivity contribution in [1.29, 1.82) is 0 Å². The minimum Gasteiger partial charge on any atom is -0.376 e. The molecule has 7 nitrogen and oxygen atoms in total. The van der Waals surface area contributed by atoms with Crippen LogP contribution in [0, 0.1) is 5.82 Å². The third-order valence-electron chi connectivity index (χ3n) is 4.28. The molecule has 1 N–H and O–H groups in total. The Morgan fingerprint density at radius 2 is 2.19 bits per heavy atom. The molecule has 1 aromatic carbocycles. The zero-order chi connectivity index (χ0) is 18.5. The maximum atomic E-state index is 13.0. The minimum atomic E-state index is -0.368. The van der Waals surface area contributed by atoms with Crippen LogP contribution in [0.4, 0.5) is 4.39 Å². The number of benzene rings is 1. The number of nitrogens with zero attached hydrogens (tertiary/aromatic N) is 4. The lowest BCUT2D eigenvalue weighted by Crippen LogP contribution is -2.33. The molecular formula is C17H22FN5O2S. The van der Waals surface area contributed by atoms with Gasteiger partial charge in [-0.25, -0.2) is 9.07 Å². The Balaban J connectivity index is 1.55. The average molecular weight is 379 g/mol. The van der Waals surface area contributed by atoms with E-state index < -0.39 is 0 Å². The van der Waals surface area contributed by atoms with E-state index in [1.165, 1.54) is 23.9 Å². The van der Waals surface area contributed by atoms with E-state index >= 15 is 0 Å². The monoisotopic (exact) mass is 379 g/mol. The summed E-state index contributed by atoms with van der Waals surface area (Å²) in [5.41, 5.74) is 0.847. The van der Waals surface area contributed by atoms with Crippen LogP contribution in [0.2, 0.25) is 0 Å². The van der Waals surface area contributed by atoms with Crippen LogP contribution in [0.5, 0.6) is 0 Å². The second-order valence-electron chi connectivity index (χ2n) is 6.32. The van der Waals surface area contributed by atoms with E-state index in [-0.39, 0.29) is 29.1 Å². The number of halogens is 1. The summed E-state index contributed by atoms with van der Waals surface area (Å²) in [5, 5.41) is 14.9. The molecule has 1 amide bonds. The summed E-state index contributed by atoms with van der Waals surface area (Å²) in [6.07, 6.45) is 2.17. The molecule has 0 radical (unpaired) electrons. The van der Waals surface area contributed by atoms with Gasteiger partial charge in [-0.2, -0.15) is 0 Å². The van der Waals surface area contributed by atoms with Crippen molar-refractivity contribution in [3.8, 4) is 0 Å². The van der Waals surface area contributed by atoms with Crippen LogP contribution < -0.4 is 5.32 Å². The Hall–Kier alpha value is -2.00. The fourth-order valence-electron chi connectivity index (χ4n) is 2.75. The molecular weight excluding hydrogens is 357 g/mol. The van der Waals surface area contributed by atoms with Crippen molar-refractivity contribution < 1.29 is 13.9 Å². The molecule has 3 atom stereocenters. The minimum absolute atomic E-state index is 0.125. The van der Waals surface area contributed by atoms with Crippen LogP contribution in [0.15, 0.2) is 29.4 Å². The lowest BCUT2D eigenvalue weighted by molar-refractivity contribution is -0.120. The van der Waals surface area contributed by atoms with Gasteiger partial charge in [-0.15, -0.1) is 5.10 Å². The molecule has 2 heterocycles. The van der Waals surface area contributed by atoms with E-state index in [2.05, 4.69) is 20.8 Å². The first-order valence-electron chi connectivity index (χ1n) is 8.63. The van der Waals surface area contributed by atoms with Gasteiger partial charge in [0.1, 0.15) is 5.82 Å². The van der Waals surface area contributed by atoms with Crippen LogP contribution in [-0.2, 0) is 16.1 Å². The van der Waals surface area contributed by atoms with Crippen molar-refractivity contribution in [2.45, 2.75) is 55.8 Å². The van der Waals surface area contributed by atoms with Crippen LogP contribution >= 0.6 is 11.8 Å². The van der Waals surface area contributed by atoms with Gasteiger partial charge in [0.05, 0.1) is 23.9 Å². The summed E-state index contributed by atoms with van der Waals surface area (Å²) in [7, 11) is 0. The normalized spacial score (nSPS) is 19.3. The molecule has 1 aromatic heterocycles. The predicted molar refractivity (Wildman–Crippen MR) is 95.1 cm³/mol. The van der Waals surface area contributed by atoms with E-state index in [1.54, 1.807) is 16.8 Å². The number of rotatable bonds is 7. The third-order valence-corrected chi connectivity index (χ3v) is 5.35. The number of carbonyl (C=O) groups excluding carboxylic acids is 1. The van der Waals surface area contributed by atoms with E-state index in [1.807, 2.05) is 13.8 Å². The first kappa shape index (κ1) is 18.8. The summed E-state index contributed by atoms with van der Waals surface area (Å²) in [6, 6.07) is 5.89. The molecule has 140 valence electrons. The van der Waals surface area contributed by atoms with Gasteiger partial charge in [-0.1, -0.05) is 23.9 Å². The highest BCUT2D eigenvalue weighted by Gasteiger charge is 2.23. The average Bonchev–Trinajstić information content (AvgIpc) is 3.28. The molecule has 0 saturated carbocycles. The number of amides is 1. The Morgan fingerprint density at radius 3 is 2.88 bits per heavy atom. The number of hydrogen-bond donors (Lipinski definition) is 1. The summed E-state index contributed by atoms with van der Waals surface area (Å²) < 4.78 is 20.3. The molecule has 0 spiro atoms. The summed E-state index contributed by atoms with van der Waals surface area (Å²) >= 11 is 1.31. The number of hydrogen-bond acceptors (Lipinski definition) is 6. The van der Waals surface area contributed by atoms with Crippen LogP contribution in [0.25, 0.3) is 0 Å². The lowest BCUT2D eigenvalue weighted by atomic mass is 10.1. The van der Waals surface area contributed by atoms with Gasteiger partial charge < -0.3 is 10.1 Å². The molecule has 9 heteroatoms. The molecule has 3 unspecified atom stereocenters. The van der Waals surface area contributed by atoms with E-state index in [0.29, 0.717) is 11.7 Å². The van der Waals surface area contributed by atoms with Crippen molar-refractivity contribution in [3.05, 3.63) is 35.6 Å². The number of aromatic nitrogens is 4. The van der Waals surface area contributed by atoms with Gasteiger partial charge >= 0.3 is 0 Å². The highest BCUT2D eigenvalue weighted by molar-refractivity contribution is 8.00. The second kappa shape index (κ2) is 8.59. The van der Waals surface area contributed by atoms with Crippen LogP contribution in [0.3, 0.4) is 0 Å². The topological polar surface area (TPSA) is 81.9 Å². The van der Waals surface area contributed by atoms with Gasteiger partial charge in [-0.3, -0.25) is 4.79 Å². The number of nitrogens with one attached hydrogen (secondary N) is 1. The smallest absolute Gasteiger partial charge is 0.233 e. The summed E-state index contributed by atoms with van der Waals surface area (Å²) in [6.45, 7) is 5.04. The Bertz CT molecular complexity index is 733. The Kier molecular flexibility index (Phi) is 6.20. The van der Waals surface area contributed by atoms with Crippen molar-refractivity contribution in [2.75, 3.05) is 6.61 Å². The highest BCUT2D eigenvalue weighted by atomic mass is 32.2. The van der Waals surface area contributed by atoms with Gasteiger partial charge in [0.15, 0.2) is 0 Å². The number of tetrazole rings is 1. The zero-order valence-electron chi connectivity index (χ0n) is 14.8. The zero-order valence-corrected chi connectivity index (χ0v) is 15.6. The number of carbonyl (C=O) groups is 1. The summed E-state index contributed by atoms with van der Waals surface area (Å²) in [5.74, 6) is -0.423. The molecule has 26 heavy (non-hydrogen) atoms. The SMILES string of the molecule is CC(Sc1nnnn1CC1CCCO1)C(=O)NC(C)c1ccc(F)cc1. The molecule has 0 aliphatic carbocycles. The highest BCUT2D eigenvalue weighted by Crippen LogP contribution is 2.23. The van der Waals surface area contributed by atoms with E-state index in [9.17, 15) is 9.18 Å².